The number of rotatable bonds is 3. The normalized spacial score (nSPS) is 13.5. The summed E-state index contributed by atoms with van der Waals surface area (Å²) in [6.45, 7) is 2.28. The predicted molar refractivity (Wildman–Crippen MR) is 37.1 cm³/mol. The molecule has 0 atom stereocenters. The van der Waals surface area contributed by atoms with Gasteiger partial charge in [-0.25, -0.2) is 0 Å². The summed E-state index contributed by atoms with van der Waals surface area (Å²) in [6, 6.07) is 0. The van der Waals surface area contributed by atoms with Gasteiger partial charge in [-0.05, 0) is 0 Å². The van der Waals surface area contributed by atoms with Crippen molar-refractivity contribution in [3.05, 3.63) is 24.3 Å². The molecule has 0 aromatic carbocycles. The van der Waals surface area contributed by atoms with Crippen molar-refractivity contribution < 1.29 is 48.0 Å². The minimum Gasteiger partial charge on any atom is -1.00 e. The van der Waals surface area contributed by atoms with Crippen molar-refractivity contribution in [2.45, 2.75) is 21.1 Å². The summed E-state index contributed by atoms with van der Waals surface area (Å²) in [5.41, 5.74) is 0. The van der Waals surface area contributed by atoms with Gasteiger partial charge in [0, 0.05) is 0 Å². The average molecular weight is 270 g/mol. The zero-order valence-electron chi connectivity index (χ0n) is 6.56. The van der Waals surface area contributed by atoms with Gasteiger partial charge in [0.05, 0.1) is 0 Å². The summed E-state index contributed by atoms with van der Waals surface area (Å²) >= 11 is -0.0374. The van der Waals surface area contributed by atoms with Gasteiger partial charge >= 0.3 is 68.6 Å². The van der Waals surface area contributed by atoms with E-state index in [1.165, 1.54) is 10.5 Å². The molecule has 0 N–H and O–H groups in total. The van der Waals surface area contributed by atoms with E-state index < -0.39 is 0 Å². The summed E-state index contributed by atoms with van der Waals surface area (Å²) in [4.78, 5) is 0. The van der Waals surface area contributed by atoms with Crippen molar-refractivity contribution in [3.8, 4) is 0 Å². The maximum absolute atomic E-state index is 2.35. The first-order valence-electron chi connectivity index (χ1n) is 3.52. The Balaban J connectivity index is 0. The van der Waals surface area contributed by atoms with Gasteiger partial charge in [0.2, 0.25) is 0 Å². The second-order valence-corrected chi connectivity index (χ2v) is 6.12. The van der Waals surface area contributed by atoms with E-state index in [2.05, 4.69) is 31.2 Å². The van der Waals surface area contributed by atoms with Crippen LogP contribution in [0.2, 0.25) is 7.75 Å². The van der Waals surface area contributed by atoms with Crippen LogP contribution in [0.15, 0.2) is 24.3 Å². The van der Waals surface area contributed by atoms with Crippen LogP contribution in [0.1, 0.15) is 13.3 Å². The Morgan fingerprint density at radius 3 is 2.18 bits per heavy atom. The molecular weight excluding hydrogens is 258 g/mol. The molecule has 0 spiro atoms. The van der Waals surface area contributed by atoms with Gasteiger partial charge in [0.25, 0.3) is 0 Å². The molecule has 1 aliphatic rings. The first-order valence-corrected chi connectivity index (χ1v) is 6.67. The van der Waals surface area contributed by atoms with Crippen molar-refractivity contribution >= 4 is 0 Å². The SMILES string of the molecule is CC[CH2][Zr+2][CH]1C=CC=C1.[Cl-].[Cl-]. The van der Waals surface area contributed by atoms with E-state index in [9.17, 15) is 0 Å². The van der Waals surface area contributed by atoms with E-state index in [-0.39, 0.29) is 48.0 Å². The average Bonchev–Trinajstić information content (AvgIpc) is 2.34. The molecule has 0 saturated heterocycles. The minimum absolute atomic E-state index is 0. The molecule has 1 aliphatic carbocycles. The van der Waals surface area contributed by atoms with Gasteiger partial charge in [-0.3, -0.25) is 0 Å². The molecule has 0 aromatic rings. The Bertz CT molecular complexity index is 120. The van der Waals surface area contributed by atoms with Crippen LogP contribution in [0, 0.1) is 0 Å². The predicted octanol–water partition coefficient (Wildman–Crippen LogP) is -3.18. The third kappa shape index (κ3) is 6.14. The van der Waals surface area contributed by atoms with Crippen molar-refractivity contribution in [1.82, 2.24) is 0 Å². The molecule has 0 aliphatic heterocycles. The number of hydrogen-bond acceptors (Lipinski definition) is 0. The van der Waals surface area contributed by atoms with Crippen LogP contribution < -0.4 is 24.8 Å². The Hall–Kier alpha value is 0.943. The van der Waals surface area contributed by atoms with Crippen molar-refractivity contribution in [2.24, 2.45) is 0 Å². The van der Waals surface area contributed by atoms with E-state index in [0.717, 1.165) is 3.63 Å². The summed E-state index contributed by atoms with van der Waals surface area (Å²) < 4.78 is 2.46. The summed E-state index contributed by atoms with van der Waals surface area (Å²) in [5, 5.41) is 0. The molecular formula is C8H12Cl2Zr. The fourth-order valence-electron chi connectivity index (χ4n) is 0.879. The van der Waals surface area contributed by atoms with Crippen molar-refractivity contribution in [1.29, 1.82) is 0 Å². The molecule has 62 valence electrons. The summed E-state index contributed by atoms with van der Waals surface area (Å²) in [7, 11) is 0. The molecule has 0 unspecified atom stereocenters. The van der Waals surface area contributed by atoms with E-state index in [1.54, 1.807) is 0 Å². The van der Waals surface area contributed by atoms with E-state index in [4.69, 9.17) is 0 Å². The second-order valence-electron chi connectivity index (χ2n) is 2.25. The number of hydrogen-bond donors (Lipinski definition) is 0. The Labute approximate surface area is 92.9 Å². The Morgan fingerprint density at radius 1 is 1.18 bits per heavy atom. The standard InChI is InChI=1S/C5H5.C3H7.2ClH.Zr/c1-2-4-5-3-1;1-3-2;;;/h1-5H;1,3H2,2H3;2*1H;/q;;;;+2/p-2. The molecule has 0 aromatic heterocycles. The van der Waals surface area contributed by atoms with Gasteiger partial charge < -0.3 is 24.8 Å². The Morgan fingerprint density at radius 2 is 1.73 bits per heavy atom. The third-order valence-corrected chi connectivity index (χ3v) is 5.42. The van der Waals surface area contributed by atoms with Gasteiger partial charge in [0.1, 0.15) is 0 Å². The van der Waals surface area contributed by atoms with Gasteiger partial charge in [0.15, 0.2) is 0 Å². The third-order valence-electron chi connectivity index (χ3n) is 1.38. The molecule has 0 bridgehead atoms. The first kappa shape index (κ1) is 14.5. The topological polar surface area (TPSA) is 0 Å². The van der Waals surface area contributed by atoms with Crippen LogP contribution >= 0.6 is 0 Å². The molecule has 0 nitrogen and oxygen atoms in total. The van der Waals surface area contributed by atoms with Crippen molar-refractivity contribution in [2.75, 3.05) is 0 Å². The van der Waals surface area contributed by atoms with Crippen LogP contribution in [0.3, 0.4) is 0 Å². The molecule has 0 radical (unpaired) electrons. The smallest absolute Gasteiger partial charge is 1.00 e. The molecule has 1 rings (SSSR count). The van der Waals surface area contributed by atoms with Crippen LogP contribution in [0.5, 0.6) is 0 Å². The molecule has 0 amide bonds. The van der Waals surface area contributed by atoms with Crippen LogP contribution in [-0.4, -0.2) is 0 Å². The van der Waals surface area contributed by atoms with E-state index in [0.29, 0.717) is 0 Å². The number of halogens is 2. The fraction of sp³-hybridized carbons (Fsp3) is 0.500. The van der Waals surface area contributed by atoms with E-state index >= 15 is 0 Å². The summed E-state index contributed by atoms with van der Waals surface area (Å²) in [5.74, 6) is 0. The molecule has 3 heteroatoms. The molecule has 0 fully saturated rings. The molecule has 11 heavy (non-hydrogen) atoms. The maximum atomic E-state index is 2.35. The zero-order valence-corrected chi connectivity index (χ0v) is 10.5. The molecule has 0 saturated carbocycles. The summed E-state index contributed by atoms with van der Waals surface area (Å²) in [6.07, 6.45) is 10.5. The quantitative estimate of drug-likeness (QED) is 0.507. The first-order chi connectivity index (χ1) is 4.43. The largest absolute Gasteiger partial charge is 1.00 e. The van der Waals surface area contributed by atoms with Gasteiger partial charge in [-0.15, -0.1) is 0 Å². The minimum atomic E-state index is -0.0374. The van der Waals surface area contributed by atoms with E-state index in [1.807, 2.05) is 0 Å². The maximum Gasteiger partial charge on any atom is -1.00 e. The van der Waals surface area contributed by atoms with Gasteiger partial charge in [-0.2, -0.15) is 0 Å². The second kappa shape index (κ2) is 9.03. The number of allylic oxidation sites excluding steroid dienone is 4. The van der Waals surface area contributed by atoms with Crippen LogP contribution in [0.4, 0.5) is 0 Å². The Kier molecular flexibility index (Phi) is 11.9. The van der Waals surface area contributed by atoms with Crippen LogP contribution in [0.25, 0.3) is 0 Å². The zero-order chi connectivity index (χ0) is 6.53. The monoisotopic (exact) mass is 268 g/mol. The van der Waals surface area contributed by atoms with Gasteiger partial charge in [-0.1, -0.05) is 0 Å². The van der Waals surface area contributed by atoms with Crippen molar-refractivity contribution in [3.63, 3.8) is 0 Å². The molecule has 0 heterocycles. The van der Waals surface area contributed by atoms with Crippen LogP contribution in [-0.2, 0) is 23.2 Å². The fourth-order valence-corrected chi connectivity index (χ4v) is 3.62.